The van der Waals surface area contributed by atoms with E-state index in [-0.39, 0.29) is 6.09 Å². The summed E-state index contributed by atoms with van der Waals surface area (Å²) in [6, 6.07) is 0.593. The molecule has 0 unspecified atom stereocenters. The molecule has 1 atom stereocenters. The summed E-state index contributed by atoms with van der Waals surface area (Å²) >= 11 is 0. The summed E-state index contributed by atoms with van der Waals surface area (Å²) in [5.74, 6) is 0.507. The third-order valence-corrected chi connectivity index (χ3v) is 5.28. The number of piperidine rings is 1. The van der Waals surface area contributed by atoms with Crippen molar-refractivity contribution in [3.8, 4) is 0 Å². The monoisotopic (exact) mass is 323 g/mol. The van der Waals surface area contributed by atoms with E-state index in [1.165, 1.54) is 6.42 Å². The van der Waals surface area contributed by atoms with Gasteiger partial charge in [0.2, 0.25) is 0 Å². The van der Waals surface area contributed by atoms with Gasteiger partial charge < -0.3 is 19.9 Å². The van der Waals surface area contributed by atoms with Crippen LogP contribution in [0.4, 0.5) is 4.79 Å². The van der Waals surface area contributed by atoms with Gasteiger partial charge in [0.05, 0.1) is 6.61 Å². The lowest BCUT2D eigenvalue weighted by Gasteiger charge is -2.37. The van der Waals surface area contributed by atoms with Crippen LogP contribution in [0.1, 0.15) is 58.8 Å². The summed E-state index contributed by atoms with van der Waals surface area (Å²) in [7, 11) is 0. The highest BCUT2D eigenvalue weighted by Crippen LogP contribution is 2.25. The first-order chi connectivity index (χ1) is 11.2. The molecule has 5 heteroatoms. The van der Waals surface area contributed by atoms with Crippen LogP contribution >= 0.6 is 0 Å². The van der Waals surface area contributed by atoms with Gasteiger partial charge in [0.15, 0.2) is 0 Å². The van der Waals surface area contributed by atoms with Gasteiger partial charge in [-0.1, -0.05) is 13.3 Å². The van der Waals surface area contributed by atoms with Gasteiger partial charge in [-0.3, -0.25) is 0 Å². The van der Waals surface area contributed by atoms with E-state index in [4.69, 9.17) is 10.1 Å². The number of ether oxygens (including phenoxy) is 1. The second kappa shape index (κ2) is 9.26. The van der Waals surface area contributed by atoms with Gasteiger partial charge in [0, 0.05) is 24.8 Å². The first kappa shape index (κ1) is 18.2. The van der Waals surface area contributed by atoms with E-state index in [1.807, 2.05) is 11.8 Å². The third kappa shape index (κ3) is 5.20. The number of rotatable bonds is 5. The van der Waals surface area contributed by atoms with Crippen LogP contribution in [0.5, 0.6) is 0 Å². The van der Waals surface area contributed by atoms with Crippen LogP contribution in [0.25, 0.3) is 0 Å². The topological polar surface area (TPSA) is 56.6 Å². The number of hydrogen-bond acceptors (Lipinski definition) is 4. The van der Waals surface area contributed by atoms with E-state index in [2.05, 4.69) is 11.8 Å². The van der Waals surface area contributed by atoms with E-state index in [1.54, 1.807) is 0 Å². The average molecular weight is 323 g/mol. The molecule has 0 aromatic heterocycles. The lowest BCUT2D eigenvalue weighted by molar-refractivity contribution is 0.105. The van der Waals surface area contributed by atoms with Crippen molar-refractivity contribution in [2.24, 2.45) is 5.92 Å². The summed E-state index contributed by atoms with van der Waals surface area (Å²) in [5, 5.41) is 8.16. The molecule has 2 aliphatic heterocycles. The Morgan fingerprint density at radius 1 is 1.09 bits per heavy atom. The lowest BCUT2D eigenvalue weighted by atomic mass is 9.88. The normalized spacial score (nSPS) is 24.3. The Morgan fingerprint density at radius 2 is 1.83 bits per heavy atom. The second-order valence-electron chi connectivity index (χ2n) is 6.86. The Morgan fingerprint density at radius 3 is 2.48 bits per heavy atom. The molecule has 2 saturated heterocycles. The summed E-state index contributed by atoms with van der Waals surface area (Å²) in [4.78, 5) is 16.3. The number of likely N-dealkylation sites (tertiary alicyclic amines) is 2. The third-order valence-electron chi connectivity index (χ3n) is 5.28. The Labute approximate surface area is 140 Å². The van der Waals surface area contributed by atoms with Gasteiger partial charge in [-0.05, 0) is 64.5 Å². The smallest absolute Gasteiger partial charge is 0.409 e. The van der Waals surface area contributed by atoms with Crippen molar-refractivity contribution >= 4 is 11.8 Å². The van der Waals surface area contributed by atoms with E-state index < -0.39 is 0 Å². The van der Waals surface area contributed by atoms with Gasteiger partial charge in [0.1, 0.15) is 0 Å². The zero-order valence-electron chi connectivity index (χ0n) is 14.9. The lowest BCUT2D eigenvalue weighted by Crippen LogP contribution is -2.43. The van der Waals surface area contributed by atoms with Crippen LogP contribution in [-0.4, -0.2) is 60.4 Å². The fraction of sp³-hybridized carbons (Fsp3) is 0.889. The number of hydrogen-bond donors (Lipinski definition) is 1. The standard InChI is InChI=1S/C18H33N3O2/c1-3-6-17(19)15-8-12-20(13-9-15)16-7-5-11-21(14-10-16)18(22)23-4-2/h15-16,19H,3-14H2,1-2H3/t16-/m0/s1. The summed E-state index contributed by atoms with van der Waals surface area (Å²) < 4.78 is 5.13. The predicted octanol–water partition coefficient (Wildman–Crippen LogP) is 3.53. The fourth-order valence-electron chi connectivity index (χ4n) is 3.93. The zero-order chi connectivity index (χ0) is 16.7. The second-order valence-corrected chi connectivity index (χ2v) is 6.86. The molecule has 23 heavy (non-hydrogen) atoms. The summed E-state index contributed by atoms with van der Waals surface area (Å²) in [6.45, 7) is 8.34. The number of amides is 1. The minimum atomic E-state index is -0.153. The van der Waals surface area contributed by atoms with Crippen molar-refractivity contribution in [1.29, 1.82) is 5.41 Å². The molecule has 2 fully saturated rings. The van der Waals surface area contributed by atoms with Gasteiger partial charge in [-0.2, -0.15) is 0 Å². The molecule has 0 radical (unpaired) electrons. The van der Waals surface area contributed by atoms with Crippen molar-refractivity contribution < 1.29 is 9.53 Å². The molecule has 2 aliphatic rings. The summed E-state index contributed by atoms with van der Waals surface area (Å²) in [6.07, 6.45) is 7.46. The Hall–Kier alpha value is -1.10. The zero-order valence-corrected chi connectivity index (χ0v) is 14.9. The predicted molar refractivity (Wildman–Crippen MR) is 93.2 cm³/mol. The van der Waals surface area contributed by atoms with Crippen LogP contribution in [0, 0.1) is 11.3 Å². The molecule has 0 aromatic rings. The molecule has 2 rings (SSSR count). The van der Waals surface area contributed by atoms with Crippen LogP contribution < -0.4 is 0 Å². The van der Waals surface area contributed by atoms with E-state index in [9.17, 15) is 4.79 Å². The maximum Gasteiger partial charge on any atom is 0.409 e. The highest BCUT2D eigenvalue weighted by atomic mass is 16.6. The van der Waals surface area contributed by atoms with Gasteiger partial charge in [-0.15, -0.1) is 0 Å². The Bertz CT molecular complexity index is 392. The molecule has 1 N–H and O–H groups in total. The van der Waals surface area contributed by atoms with Crippen molar-refractivity contribution in [3.63, 3.8) is 0 Å². The van der Waals surface area contributed by atoms with Crippen LogP contribution in [0.2, 0.25) is 0 Å². The molecule has 0 spiro atoms. The molecule has 1 amide bonds. The molecular formula is C18H33N3O2. The van der Waals surface area contributed by atoms with Gasteiger partial charge in [0.25, 0.3) is 0 Å². The Balaban J connectivity index is 1.78. The maximum absolute atomic E-state index is 11.9. The highest BCUT2D eigenvalue weighted by molar-refractivity contribution is 5.83. The first-order valence-corrected chi connectivity index (χ1v) is 9.38. The largest absolute Gasteiger partial charge is 0.450 e. The van der Waals surface area contributed by atoms with Crippen molar-refractivity contribution in [2.45, 2.75) is 64.8 Å². The molecule has 0 aromatic carbocycles. The summed E-state index contributed by atoms with van der Waals surface area (Å²) in [5.41, 5.74) is 0.960. The maximum atomic E-state index is 11.9. The highest BCUT2D eigenvalue weighted by Gasteiger charge is 2.29. The number of nitrogens with zero attached hydrogens (tertiary/aromatic N) is 2. The molecule has 0 aliphatic carbocycles. The van der Waals surface area contributed by atoms with Crippen LogP contribution in [-0.2, 0) is 4.74 Å². The molecule has 132 valence electrons. The Kier molecular flexibility index (Phi) is 7.34. The van der Waals surface area contributed by atoms with Crippen LogP contribution in [0.15, 0.2) is 0 Å². The van der Waals surface area contributed by atoms with E-state index in [0.29, 0.717) is 18.6 Å². The van der Waals surface area contributed by atoms with E-state index in [0.717, 1.165) is 70.4 Å². The molecular weight excluding hydrogens is 290 g/mol. The van der Waals surface area contributed by atoms with Crippen molar-refractivity contribution in [2.75, 3.05) is 32.8 Å². The first-order valence-electron chi connectivity index (χ1n) is 9.38. The number of carbonyl (C=O) groups is 1. The number of nitrogens with one attached hydrogen (secondary N) is 1. The van der Waals surface area contributed by atoms with Crippen molar-refractivity contribution in [3.05, 3.63) is 0 Å². The minimum absolute atomic E-state index is 0.153. The molecule has 0 saturated carbocycles. The average Bonchev–Trinajstić information content (AvgIpc) is 2.81. The number of carbonyl (C=O) groups excluding carboxylic acids is 1. The quantitative estimate of drug-likeness (QED) is 0.787. The SMILES string of the molecule is CCCC(=N)C1CCN([C@H]2CCCN(C(=O)OCC)CC2)CC1. The van der Waals surface area contributed by atoms with Gasteiger partial charge in [-0.25, -0.2) is 4.79 Å². The molecule has 5 nitrogen and oxygen atoms in total. The van der Waals surface area contributed by atoms with E-state index >= 15 is 0 Å². The van der Waals surface area contributed by atoms with Crippen molar-refractivity contribution in [1.82, 2.24) is 9.80 Å². The van der Waals surface area contributed by atoms with Crippen LogP contribution in [0.3, 0.4) is 0 Å². The van der Waals surface area contributed by atoms with Gasteiger partial charge >= 0.3 is 6.09 Å². The minimum Gasteiger partial charge on any atom is -0.450 e. The molecule has 0 bridgehead atoms. The fourth-order valence-corrected chi connectivity index (χ4v) is 3.93. The molecule has 2 heterocycles.